The Morgan fingerprint density at radius 3 is 2.79 bits per heavy atom. The van der Waals surface area contributed by atoms with E-state index in [4.69, 9.17) is 10.00 Å². The molecule has 0 heterocycles. The van der Waals surface area contributed by atoms with E-state index >= 15 is 0 Å². The third-order valence-electron chi connectivity index (χ3n) is 2.07. The molecule has 1 rings (SSSR count). The lowest BCUT2D eigenvalue weighted by atomic mass is 10.0. The van der Waals surface area contributed by atoms with E-state index in [1.54, 1.807) is 18.2 Å². The molecule has 0 radical (unpaired) electrons. The first-order valence-corrected chi connectivity index (χ1v) is 4.37. The van der Waals surface area contributed by atoms with Gasteiger partial charge in [-0.1, -0.05) is 12.1 Å². The quantitative estimate of drug-likeness (QED) is 0.739. The molecule has 0 fully saturated rings. The van der Waals surface area contributed by atoms with Gasteiger partial charge in [0, 0.05) is 5.56 Å². The lowest BCUT2D eigenvalue weighted by molar-refractivity contribution is 0.366. The minimum Gasteiger partial charge on any atom is -0.496 e. The number of rotatable bonds is 3. The van der Waals surface area contributed by atoms with Crippen molar-refractivity contribution in [1.29, 1.82) is 5.26 Å². The molecule has 1 atom stereocenters. The molecule has 0 bridgehead atoms. The number of benzene rings is 1. The zero-order chi connectivity index (χ0) is 10.6. The molecule has 0 saturated heterocycles. The van der Waals surface area contributed by atoms with Gasteiger partial charge in [0.2, 0.25) is 0 Å². The number of halogens is 1. The minimum absolute atomic E-state index is 0.174. The summed E-state index contributed by atoms with van der Waals surface area (Å²) in [5.74, 6) is 0.577. The highest BCUT2D eigenvalue weighted by Crippen LogP contribution is 2.28. The van der Waals surface area contributed by atoms with Crippen LogP contribution >= 0.6 is 0 Å². The standard InChI is InChI=1S/C11H12FNO/c1-8(12)9-4-3-5-11(14-2)10(9)6-7-13/h3-5,8H,6H2,1-2H3. The van der Waals surface area contributed by atoms with Crippen LogP contribution in [0.5, 0.6) is 5.75 Å². The molecule has 1 aromatic rings. The summed E-state index contributed by atoms with van der Waals surface area (Å²) in [6.07, 6.45) is -0.901. The number of nitrogens with zero attached hydrogens (tertiary/aromatic N) is 1. The number of ether oxygens (including phenoxy) is 1. The van der Waals surface area contributed by atoms with E-state index in [9.17, 15) is 4.39 Å². The van der Waals surface area contributed by atoms with E-state index in [0.29, 0.717) is 16.9 Å². The van der Waals surface area contributed by atoms with E-state index in [2.05, 4.69) is 0 Å². The summed E-state index contributed by atoms with van der Waals surface area (Å²) in [4.78, 5) is 0. The molecule has 0 aliphatic rings. The number of nitriles is 1. The van der Waals surface area contributed by atoms with Crippen molar-refractivity contribution in [2.45, 2.75) is 19.5 Å². The van der Waals surface area contributed by atoms with Gasteiger partial charge in [-0.2, -0.15) is 5.26 Å². The van der Waals surface area contributed by atoms with Crippen LogP contribution in [0.3, 0.4) is 0 Å². The van der Waals surface area contributed by atoms with Crippen molar-refractivity contribution in [3.63, 3.8) is 0 Å². The molecular weight excluding hydrogens is 181 g/mol. The first-order chi connectivity index (χ1) is 6.70. The van der Waals surface area contributed by atoms with Crippen LogP contribution in [0, 0.1) is 11.3 Å². The van der Waals surface area contributed by atoms with Gasteiger partial charge in [0.25, 0.3) is 0 Å². The smallest absolute Gasteiger partial charge is 0.123 e. The molecule has 14 heavy (non-hydrogen) atoms. The highest BCUT2D eigenvalue weighted by molar-refractivity contribution is 5.42. The van der Waals surface area contributed by atoms with Crippen LogP contribution in [-0.2, 0) is 6.42 Å². The third-order valence-corrected chi connectivity index (χ3v) is 2.07. The highest BCUT2D eigenvalue weighted by Gasteiger charge is 2.13. The summed E-state index contributed by atoms with van der Waals surface area (Å²) in [7, 11) is 1.52. The van der Waals surface area contributed by atoms with E-state index in [0.717, 1.165) is 0 Å². The number of hydrogen-bond acceptors (Lipinski definition) is 2. The Morgan fingerprint density at radius 2 is 2.29 bits per heavy atom. The molecule has 1 unspecified atom stereocenters. The van der Waals surface area contributed by atoms with Crippen LogP contribution in [0.15, 0.2) is 18.2 Å². The molecule has 0 aromatic heterocycles. The molecule has 0 spiro atoms. The average Bonchev–Trinajstić information content (AvgIpc) is 2.18. The van der Waals surface area contributed by atoms with Crippen molar-refractivity contribution in [2.24, 2.45) is 0 Å². The van der Waals surface area contributed by atoms with Crippen LogP contribution in [0.4, 0.5) is 4.39 Å². The summed E-state index contributed by atoms with van der Waals surface area (Å²) in [5, 5.41) is 8.62. The maximum Gasteiger partial charge on any atom is 0.123 e. The minimum atomic E-state index is -1.08. The van der Waals surface area contributed by atoms with Crippen LogP contribution in [-0.4, -0.2) is 7.11 Å². The van der Waals surface area contributed by atoms with Gasteiger partial charge >= 0.3 is 0 Å². The maximum atomic E-state index is 13.2. The number of methoxy groups -OCH3 is 1. The molecule has 74 valence electrons. The van der Waals surface area contributed by atoms with Crippen molar-refractivity contribution in [3.8, 4) is 11.8 Å². The van der Waals surface area contributed by atoms with Gasteiger partial charge < -0.3 is 4.74 Å². The van der Waals surface area contributed by atoms with Crippen LogP contribution in [0.1, 0.15) is 24.2 Å². The average molecular weight is 193 g/mol. The molecule has 0 saturated carbocycles. The Kier molecular flexibility index (Phi) is 3.47. The predicted molar refractivity (Wildman–Crippen MR) is 51.8 cm³/mol. The Labute approximate surface area is 82.9 Å². The van der Waals surface area contributed by atoms with E-state index in [1.807, 2.05) is 6.07 Å². The molecule has 0 amide bonds. The molecule has 0 N–H and O–H groups in total. The summed E-state index contributed by atoms with van der Waals surface area (Å²) in [6, 6.07) is 7.15. The Hall–Kier alpha value is -1.56. The third kappa shape index (κ3) is 2.02. The van der Waals surface area contributed by atoms with Gasteiger partial charge in [-0.3, -0.25) is 0 Å². The van der Waals surface area contributed by atoms with Gasteiger partial charge in [0.1, 0.15) is 11.9 Å². The Bertz CT molecular complexity index is 355. The zero-order valence-corrected chi connectivity index (χ0v) is 8.25. The van der Waals surface area contributed by atoms with Crippen molar-refractivity contribution in [3.05, 3.63) is 29.3 Å². The summed E-state index contributed by atoms with van der Waals surface area (Å²) in [5.41, 5.74) is 1.18. The van der Waals surface area contributed by atoms with E-state index in [1.165, 1.54) is 14.0 Å². The van der Waals surface area contributed by atoms with E-state index < -0.39 is 6.17 Å². The van der Waals surface area contributed by atoms with Crippen LogP contribution < -0.4 is 4.74 Å². The normalized spacial score (nSPS) is 11.9. The van der Waals surface area contributed by atoms with Crippen molar-refractivity contribution in [2.75, 3.05) is 7.11 Å². The molecule has 2 nitrogen and oxygen atoms in total. The maximum absolute atomic E-state index is 13.2. The highest BCUT2D eigenvalue weighted by atomic mass is 19.1. The number of alkyl halides is 1. The predicted octanol–water partition coefficient (Wildman–Crippen LogP) is 2.79. The summed E-state index contributed by atoms with van der Waals surface area (Å²) in [6.45, 7) is 1.45. The van der Waals surface area contributed by atoms with Gasteiger partial charge in [0.15, 0.2) is 0 Å². The fraction of sp³-hybridized carbons (Fsp3) is 0.364. The zero-order valence-electron chi connectivity index (χ0n) is 8.25. The molecule has 1 aromatic carbocycles. The first kappa shape index (κ1) is 10.5. The van der Waals surface area contributed by atoms with Crippen LogP contribution in [0.2, 0.25) is 0 Å². The van der Waals surface area contributed by atoms with Crippen molar-refractivity contribution >= 4 is 0 Å². The Morgan fingerprint density at radius 1 is 1.57 bits per heavy atom. The fourth-order valence-corrected chi connectivity index (χ4v) is 1.41. The second-order valence-electron chi connectivity index (χ2n) is 2.98. The summed E-state index contributed by atoms with van der Waals surface area (Å²) >= 11 is 0. The Balaban J connectivity index is 3.22. The molecule has 0 aliphatic carbocycles. The van der Waals surface area contributed by atoms with Crippen LogP contribution in [0.25, 0.3) is 0 Å². The number of hydrogen-bond donors (Lipinski definition) is 0. The lowest BCUT2D eigenvalue weighted by Gasteiger charge is -2.11. The second kappa shape index (κ2) is 4.61. The molecular formula is C11H12FNO. The van der Waals surface area contributed by atoms with Gasteiger partial charge in [-0.15, -0.1) is 0 Å². The molecule has 0 aliphatic heterocycles. The lowest BCUT2D eigenvalue weighted by Crippen LogP contribution is -1.98. The van der Waals surface area contributed by atoms with Crippen molar-refractivity contribution in [1.82, 2.24) is 0 Å². The molecule has 3 heteroatoms. The fourth-order valence-electron chi connectivity index (χ4n) is 1.41. The van der Waals surface area contributed by atoms with E-state index in [-0.39, 0.29) is 6.42 Å². The van der Waals surface area contributed by atoms with Gasteiger partial charge in [-0.05, 0) is 18.6 Å². The monoisotopic (exact) mass is 193 g/mol. The summed E-state index contributed by atoms with van der Waals surface area (Å²) < 4.78 is 18.2. The SMILES string of the molecule is COc1cccc(C(C)F)c1CC#N. The second-order valence-corrected chi connectivity index (χ2v) is 2.98. The van der Waals surface area contributed by atoms with Gasteiger partial charge in [-0.25, -0.2) is 4.39 Å². The van der Waals surface area contributed by atoms with Crippen molar-refractivity contribution < 1.29 is 9.13 Å². The van der Waals surface area contributed by atoms with Gasteiger partial charge in [0.05, 0.1) is 19.6 Å². The largest absolute Gasteiger partial charge is 0.496 e. The topological polar surface area (TPSA) is 33.0 Å². The first-order valence-electron chi connectivity index (χ1n) is 4.37.